The number of aliphatic hydroxyl groups is 2. The molecule has 4 aromatic carbocycles. The molecule has 51 heavy (non-hydrogen) atoms. The minimum atomic E-state index is -0.580. The summed E-state index contributed by atoms with van der Waals surface area (Å²) < 4.78 is 13.2. The summed E-state index contributed by atoms with van der Waals surface area (Å²) in [7, 11) is 0. The van der Waals surface area contributed by atoms with Crippen LogP contribution >= 0.6 is 0 Å². The molecule has 2 aliphatic rings. The summed E-state index contributed by atoms with van der Waals surface area (Å²) in [6.45, 7) is 2.61. The van der Waals surface area contributed by atoms with Gasteiger partial charge in [0.25, 0.3) is 0 Å². The monoisotopic (exact) mass is 692 g/mol. The summed E-state index contributed by atoms with van der Waals surface area (Å²) in [5.41, 5.74) is 12.8. The molecule has 0 bridgehead atoms. The number of ether oxygens (including phenoxy) is 2. The van der Waals surface area contributed by atoms with Crippen LogP contribution in [0.1, 0.15) is 73.2 Å². The number of anilines is 2. The Hall–Kier alpha value is -4.58. The maximum Gasteiger partial charge on any atom is 0.224 e. The summed E-state index contributed by atoms with van der Waals surface area (Å²) in [4.78, 5) is 27.1. The van der Waals surface area contributed by atoms with Gasteiger partial charge in [-0.05, 0) is 71.3 Å². The van der Waals surface area contributed by atoms with Gasteiger partial charge >= 0.3 is 0 Å². The van der Waals surface area contributed by atoms with Crippen LogP contribution in [0, 0.1) is 0 Å². The predicted octanol–water partition coefficient (Wildman–Crippen LogP) is 5.86. The normalized spacial score (nSPS) is 20.6. The van der Waals surface area contributed by atoms with Crippen LogP contribution in [0.5, 0.6) is 0 Å². The lowest BCUT2D eigenvalue weighted by atomic mass is 9.98. The average molecular weight is 693 g/mol. The van der Waals surface area contributed by atoms with E-state index in [1.165, 1.54) is 0 Å². The molecule has 2 saturated heterocycles. The highest BCUT2D eigenvalue weighted by molar-refractivity contribution is 5.93. The van der Waals surface area contributed by atoms with Crippen molar-refractivity contribution in [3.8, 4) is 11.1 Å². The van der Waals surface area contributed by atoms with Crippen LogP contribution in [-0.4, -0.2) is 58.8 Å². The molecule has 4 aromatic rings. The van der Waals surface area contributed by atoms with Gasteiger partial charge in [-0.15, -0.1) is 0 Å². The molecule has 0 saturated carbocycles. The summed E-state index contributed by atoms with van der Waals surface area (Å²) in [5.74, 6) is -0.174. The van der Waals surface area contributed by atoms with Crippen molar-refractivity contribution in [2.24, 2.45) is 0 Å². The van der Waals surface area contributed by atoms with E-state index >= 15 is 0 Å². The van der Waals surface area contributed by atoms with Crippen LogP contribution in [0.2, 0.25) is 0 Å². The van der Waals surface area contributed by atoms with Crippen molar-refractivity contribution in [1.82, 2.24) is 10.2 Å². The molecule has 0 radical (unpaired) electrons. The van der Waals surface area contributed by atoms with E-state index in [0.717, 1.165) is 52.9 Å². The SMILES string of the molecule is Nc1ccccc1NC(=O)CCCCC(=O)NCc1cccc(-c2cccc(C3OC(CN4CCC(O)C4)CC(c4ccc(CO)cc4)O3)c2)c1. The number of benzene rings is 4. The molecule has 6 rings (SSSR count). The molecule has 0 aliphatic carbocycles. The van der Waals surface area contributed by atoms with Crippen molar-refractivity contribution in [2.45, 2.75) is 76.3 Å². The number of nitrogens with two attached hydrogens (primary N) is 1. The van der Waals surface area contributed by atoms with Crippen LogP contribution in [0.3, 0.4) is 0 Å². The van der Waals surface area contributed by atoms with Gasteiger partial charge in [-0.1, -0.05) is 72.8 Å². The number of carbonyl (C=O) groups excluding carboxylic acids is 2. The molecule has 2 heterocycles. The number of rotatable bonds is 14. The molecule has 10 nitrogen and oxygen atoms in total. The van der Waals surface area contributed by atoms with Crippen molar-refractivity contribution in [3.63, 3.8) is 0 Å². The molecule has 2 aliphatic heterocycles. The van der Waals surface area contributed by atoms with Gasteiger partial charge in [0.2, 0.25) is 11.8 Å². The fourth-order valence-electron chi connectivity index (χ4n) is 6.71. The van der Waals surface area contributed by atoms with Gasteiger partial charge in [0.1, 0.15) is 0 Å². The minimum Gasteiger partial charge on any atom is -0.397 e. The number of likely N-dealkylation sites (tertiary alicyclic amines) is 1. The number of unbranched alkanes of at least 4 members (excludes halogenated alkanes) is 1. The van der Waals surface area contributed by atoms with Crippen molar-refractivity contribution < 1.29 is 29.3 Å². The highest BCUT2D eigenvalue weighted by Gasteiger charge is 2.34. The Morgan fingerprint density at radius 1 is 0.824 bits per heavy atom. The molecule has 4 atom stereocenters. The Morgan fingerprint density at radius 3 is 2.31 bits per heavy atom. The van der Waals surface area contributed by atoms with E-state index in [0.29, 0.717) is 56.6 Å². The third-order valence-corrected chi connectivity index (χ3v) is 9.53. The van der Waals surface area contributed by atoms with Gasteiger partial charge in [0.15, 0.2) is 6.29 Å². The molecule has 2 amide bonds. The lowest BCUT2D eigenvalue weighted by Gasteiger charge is -2.38. The number of aliphatic hydroxyl groups excluding tert-OH is 2. The molecule has 0 aromatic heterocycles. The molecule has 6 N–H and O–H groups in total. The number of para-hydroxylation sites is 2. The molecule has 0 spiro atoms. The lowest BCUT2D eigenvalue weighted by molar-refractivity contribution is -0.252. The van der Waals surface area contributed by atoms with Gasteiger partial charge in [-0.3, -0.25) is 14.5 Å². The number of β-amino-alcohol motifs (C(OH)–C–C–N with tert-alkyl or cyclic N) is 1. The second-order valence-corrected chi connectivity index (χ2v) is 13.5. The third kappa shape index (κ3) is 10.2. The Morgan fingerprint density at radius 2 is 1.57 bits per heavy atom. The Bertz CT molecular complexity index is 1770. The number of carbonyl (C=O) groups is 2. The minimum absolute atomic E-state index is 0.00813. The number of hydrogen-bond donors (Lipinski definition) is 5. The topological polar surface area (TPSA) is 146 Å². The first kappa shape index (κ1) is 36.2. The van der Waals surface area contributed by atoms with E-state index in [1.807, 2.05) is 66.7 Å². The molecule has 2 fully saturated rings. The van der Waals surface area contributed by atoms with Gasteiger partial charge in [-0.25, -0.2) is 0 Å². The zero-order valence-electron chi connectivity index (χ0n) is 28.9. The molecule has 268 valence electrons. The van der Waals surface area contributed by atoms with Gasteiger partial charge < -0.3 is 36.1 Å². The van der Waals surface area contributed by atoms with E-state index in [2.05, 4.69) is 33.7 Å². The number of nitrogen functional groups attached to an aromatic ring is 1. The summed E-state index contributed by atoms with van der Waals surface area (Å²) in [5, 5.41) is 25.5. The van der Waals surface area contributed by atoms with Gasteiger partial charge in [-0.2, -0.15) is 0 Å². The quantitative estimate of drug-likeness (QED) is 0.0817. The van der Waals surface area contributed by atoms with E-state index < -0.39 is 6.29 Å². The molecule has 4 unspecified atom stereocenters. The van der Waals surface area contributed by atoms with Crippen LogP contribution in [0.15, 0.2) is 97.1 Å². The first-order chi connectivity index (χ1) is 24.8. The second-order valence-electron chi connectivity index (χ2n) is 13.5. The molecular weight excluding hydrogens is 644 g/mol. The maximum absolute atomic E-state index is 12.6. The molecular formula is C41H48N4O6. The smallest absolute Gasteiger partial charge is 0.224 e. The fourth-order valence-corrected chi connectivity index (χ4v) is 6.71. The Balaban J connectivity index is 1.04. The average Bonchev–Trinajstić information content (AvgIpc) is 3.57. The Labute approximate surface area is 299 Å². The fraction of sp³-hybridized carbons (Fsp3) is 0.366. The largest absolute Gasteiger partial charge is 0.397 e. The summed E-state index contributed by atoms with van der Waals surface area (Å²) in [6, 6.07) is 31.3. The Kier molecular flexibility index (Phi) is 12.5. The number of hydrogen-bond acceptors (Lipinski definition) is 8. The van der Waals surface area contributed by atoms with Crippen LogP contribution in [0.4, 0.5) is 11.4 Å². The van der Waals surface area contributed by atoms with Crippen molar-refractivity contribution in [3.05, 3.63) is 119 Å². The summed E-state index contributed by atoms with van der Waals surface area (Å²) in [6.07, 6.45) is 2.19. The summed E-state index contributed by atoms with van der Waals surface area (Å²) >= 11 is 0. The number of nitrogens with one attached hydrogen (secondary N) is 2. The lowest BCUT2D eigenvalue weighted by Crippen LogP contribution is -2.38. The highest BCUT2D eigenvalue weighted by Crippen LogP contribution is 2.39. The highest BCUT2D eigenvalue weighted by atomic mass is 16.7. The van der Waals surface area contributed by atoms with Crippen molar-refractivity contribution in [1.29, 1.82) is 0 Å². The van der Waals surface area contributed by atoms with Gasteiger partial charge in [0.05, 0.1) is 36.3 Å². The number of nitrogens with zero attached hydrogens (tertiary/aromatic N) is 1. The first-order valence-electron chi connectivity index (χ1n) is 17.8. The first-order valence-corrected chi connectivity index (χ1v) is 17.8. The second kappa shape index (κ2) is 17.6. The maximum atomic E-state index is 12.6. The van der Waals surface area contributed by atoms with Crippen LogP contribution in [0.25, 0.3) is 11.1 Å². The van der Waals surface area contributed by atoms with Gasteiger partial charge in [0, 0.05) is 51.0 Å². The zero-order valence-corrected chi connectivity index (χ0v) is 28.9. The van der Waals surface area contributed by atoms with Crippen LogP contribution < -0.4 is 16.4 Å². The van der Waals surface area contributed by atoms with Crippen molar-refractivity contribution >= 4 is 23.2 Å². The zero-order chi connectivity index (χ0) is 35.6. The van der Waals surface area contributed by atoms with E-state index in [4.69, 9.17) is 15.2 Å². The molecule has 10 heteroatoms. The third-order valence-electron chi connectivity index (χ3n) is 9.53. The van der Waals surface area contributed by atoms with Crippen LogP contribution in [-0.2, 0) is 32.2 Å². The van der Waals surface area contributed by atoms with E-state index in [9.17, 15) is 19.8 Å². The standard InChI is InChI=1S/C41H48N4O6/c42-36-11-1-2-12-37(36)44-40(49)14-4-3-13-39(48)43-24-29-7-5-8-31(21-29)32-9-6-10-33(22-32)41-50-35(26-45-20-19-34(47)25-45)23-38(51-41)30-17-15-28(27-46)16-18-30/h1-2,5-12,15-18,21-22,34-35,38,41,46-47H,3-4,13-14,19-20,23-27,42H2,(H,43,48)(H,44,49). The van der Waals surface area contributed by atoms with E-state index in [-0.39, 0.29) is 36.7 Å². The predicted molar refractivity (Wildman–Crippen MR) is 197 cm³/mol. The van der Waals surface area contributed by atoms with E-state index in [1.54, 1.807) is 12.1 Å². The number of amides is 2. The van der Waals surface area contributed by atoms with Crippen molar-refractivity contribution in [2.75, 3.05) is 30.7 Å².